The molecule has 1 aliphatic rings. The molecule has 1 fully saturated rings. The Kier molecular flexibility index (Phi) is 6.59. The Morgan fingerprint density at radius 1 is 1.33 bits per heavy atom. The second-order valence-electron chi connectivity index (χ2n) is 5.83. The molecule has 0 spiro atoms. The third kappa shape index (κ3) is 5.19. The SMILES string of the molecule is CN(CCC1CCCCO1)S(=O)(=O)c1ccc(OCC(N)=O)cc1. The number of carbonyl (C=O) groups is 1. The number of primary amides is 1. The van der Waals surface area contributed by atoms with E-state index in [1.54, 1.807) is 7.05 Å². The minimum Gasteiger partial charge on any atom is -0.484 e. The Labute approximate surface area is 142 Å². The van der Waals surface area contributed by atoms with E-state index < -0.39 is 15.9 Å². The normalized spacial score (nSPS) is 18.5. The first kappa shape index (κ1) is 18.7. The van der Waals surface area contributed by atoms with E-state index in [2.05, 4.69) is 0 Å². The molecular formula is C16H24N2O5S. The van der Waals surface area contributed by atoms with Crippen LogP contribution in [0.1, 0.15) is 25.7 Å². The van der Waals surface area contributed by atoms with Crippen molar-refractivity contribution in [1.29, 1.82) is 0 Å². The van der Waals surface area contributed by atoms with Gasteiger partial charge in [-0.15, -0.1) is 0 Å². The topological polar surface area (TPSA) is 98.9 Å². The van der Waals surface area contributed by atoms with Crippen molar-refractivity contribution in [3.8, 4) is 5.75 Å². The van der Waals surface area contributed by atoms with Crippen molar-refractivity contribution in [2.45, 2.75) is 36.7 Å². The molecule has 0 radical (unpaired) electrons. The van der Waals surface area contributed by atoms with Gasteiger partial charge in [-0.1, -0.05) is 0 Å². The lowest BCUT2D eigenvalue weighted by Crippen LogP contribution is -2.31. The quantitative estimate of drug-likeness (QED) is 0.753. The van der Waals surface area contributed by atoms with E-state index in [1.807, 2.05) is 0 Å². The van der Waals surface area contributed by atoms with Gasteiger partial charge in [0.1, 0.15) is 5.75 Å². The highest BCUT2D eigenvalue weighted by Crippen LogP contribution is 2.21. The molecule has 134 valence electrons. The van der Waals surface area contributed by atoms with Gasteiger partial charge in [0.25, 0.3) is 5.91 Å². The summed E-state index contributed by atoms with van der Waals surface area (Å²) in [6.45, 7) is 0.925. The van der Waals surface area contributed by atoms with Crippen LogP contribution in [0.2, 0.25) is 0 Å². The highest BCUT2D eigenvalue weighted by molar-refractivity contribution is 7.89. The predicted octanol–water partition coefficient (Wildman–Crippen LogP) is 1.13. The summed E-state index contributed by atoms with van der Waals surface area (Å²) in [5.41, 5.74) is 5.00. The van der Waals surface area contributed by atoms with Crippen LogP contribution in [0.3, 0.4) is 0 Å². The van der Waals surface area contributed by atoms with Gasteiger partial charge in [-0.25, -0.2) is 12.7 Å². The molecule has 0 aromatic heterocycles. The van der Waals surface area contributed by atoms with Crippen LogP contribution in [0.4, 0.5) is 0 Å². The first-order valence-electron chi connectivity index (χ1n) is 7.98. The Bertz CT molecular complexity index is 639. The Morgan fingerprint density at radius 3 is 2.62 bits per heavy atom. The molecule has 24 heavy (non-hydrogen) atoms. The van der Waals surface area contributed by atoms with Gasteiger partial charge in [-0.05, 0) is 49.9 Å². The molecule has 1 heterocycles. The smallest absolute Gasteiger partial charge is 0.255 e. The number of amides is 1. The van der Waals surface area contributed by atoms with Gasteiger partial charge >= 0.3 is 0 Å². The van der Waals surface area contributed by atoms with Gasteiger partial charge in [-0.3, -0.25) is 4.79 Å². The molecule has 1 unspecified atom stereocenters. The maximum absolute atomic E-state index is 12.6. The average Bonchev–Trinajstić information content (AvgIpc) is 2.59. The summed E-state index contributed by atoms with van der Waals surface area (Å²) in [7, 11) is -1.99. The number of hydrogen-bond donors (Lipinski definition) is 1. The molecule has 2 N–H and O–H groups in total. The third-order valence-electron chi connectivity index (χ3n) is 3.95. The Hall–Kier alpha value is -1.64. The van der Waals surface area contributed by atoms with Crippen LogP contribution in [0.5, 0.6) is 5.75 Å². The molecule has 0 bridgehead atoms. The van der Waals surface area contributed by atoms with Crippen LogP contribution in [0.25, 0.3) is 0 Å². The second kappa shape index (κ2) is 8.46. The maximum atomic E-state index is 12.6. The highest BCUT2D eigenvalue weighted by atomic mass is 32.2. The lowest BCUT2D eigenvalue weighted by Gasteiger charge is -2.25. The molecule has 2 rings (SSSR count). The molecule has 1 saturated heterocycles. The number of carbonyl (C=O) groups excluding carboxylic acids is 1. The van der Waals surface area contributed by atoms with Crippen molar-refractivity contribution in [3.05, 3.63) is 24.3 Å². The van der Waals surface area contributed by atoms with E-state index >= 15 is 0 Å². The molecule has 1 aromatic rings. The molecule has 1 aromatic carbocycles. The van der Waals surface area contributed by atoms with Crippen LogP contribution in [0.15, 0.2) is 29.2 Å². The molecule has 1 aliphatic heterocycles. The fraction of sp³-hybridized carbons (Fsp3) is 0.562. The molecule has 1 amide bonds. The third-order valence-corrected chi connectivity index (χ3v) is 5.82. The van der Waals surface area contributed by atoms with Gasteiger partial charge in [0, 0.05) is 20.2 Å². The number of nitrogens with zero attached hydrogens (tertiary/aromatic N) is 1. The molecule has 0 saturated carbocycles. The van der Waals surface area contributed by atoms with Crippen molar-refractivity contribution in [3.63, 3.8) is 0 Å². The molecule has 1 atom stereocenters. The number of benzene rings is 1. The summed E-state index contributed by atoms with van der Waals surface area (Å²) in [6, 6.07) is 5.93. The summed E-state index contributed by atoms with van der Waals surface area (Å²) >= 11 is 0. The Morgan fingerprint density at radius 2 is 2.04 bits per heavy atom. The van der Waals surface area contributed by atoms with Gasteiger partial charge in [0.05, 0.1) is 11.0 Å². The number of ether oxygens (including phenoxy) is 2. The Balaban J connectivity index is 1.93. The highest BCUT2D eigenvalue weighted by Gasteiger charge is 2.22. The number of sulfonamides is 1. The zero-order chi connectivity index (χ0) is 17.6. The van der Waals surface area contributed by atoms with Gasteiger partial charge in [-0.2, -0.15) is 0 Å². The second-order valence-corrected chi connectivity index (χ2v) is 7.88. The van der Waals surface area contributed by atoms with Crippen molar-refractivity contribution in [1.82, 2.24) is 4.31 Å². The van der Waals surface area contributed by atoms with Gasteiger partial charge in [0.15, 0.2) is 6.61 Å². The maximum Gasteiger partial charge on any atom is 0.255 e. The molecule has 0 aliphatic carbocycles. The monoisotopic (exact) mass is 356 g/mol. The minimum absolute atomic E-state index is 0.140. The molecule has 8 heteroatoms. The summed E-state index contributed by atoms with van der Waals surface area (Å²) in [5, 5.41) is 0. The fourth-order valence-electron chi connectivity index (χ4n) is 2.52. The van der Waals surface area contributed by atoms with Crippen molar-refractivity contribution >= 4 is 15.9 Å². The standard InChI is InChI=1S/C16H24N2O5S/c1-18(10-9-13-4-2-3-11-22-13)24(20,21)15-7-5-14(6-8-15)23-12-16(17)19/h5-8,13H,2-4,9-12H2,1H3,(H2,17,19). The fourth-order valence-corrected chi connectivity index (χ4v) is 3.71. The number of rotatable bonds is 8. The largest absolute Gasteiger partial charge is 0.484 e. The van der Waals surface area contributed by atoms with Gasteiger partial charge < -0.3 is 15.2 Å². The van der Waals surface area contributed by atoms with E-state index in [1.165, 1.54) is 28.6 Å². The zero-order valence-corrected chi connectivity index (χ0v) is 14.6. The number of nitrogens with two attached hydrogens (primary N) is 1. The first-order chi connectivity index (χ1) is 11.4. The van der Waals surface area contributed by atoms with Crippen LogP contribution in [-0.2, 0) is 19.6 Å². The lowest BCUT2D eigenvalue weighted by atomic mass is 10.1. The zero-order valence-electron chi connectivity index (χ0n) is 13.8. The van der Waals surface area contributed by atoms with E-state index in [0.717, 1.165) is 25.9 Å². The summed E-state index contributed by atoms with van der Waals surface area (Å²) in [6.07, 6.45) is 4.03. The van der Waals surface area contributed by atoms with Crippen LogP contribution in [-0.4, -0.2) is 51.5 Å². The van der Waals surface area contributed by atoms with Crippen LogP contribution >= 0.6 is 0 Å². The lowest BCUT2D eigenvalue weighted by molar-refractivity contribution is -0.119. The van der Waals surface area contributed by atoms with E-state index in [0.29, 0.717) is 18.7 Å². The predicted molar refractivity (Wildman–Crippen MR) is 89.2 cm³/mol. The number of hydrogen-bond acceptors (Lipinski definition) is 5. The average molecular weight is 356 g/mol. The van der Waals surface area contributed by atoms with E-state index in [4.69, 9.17) is 15.2 Å². The van der Waals surface area contributed by atoms with Crippen molar-refractivity contribution < 1.29 is 22.7 Å². The summed E-state index contributed by atoms with van der Waals surface area (Å²) in [5.74, 6) is -0.192. The van der Waals surface area contributed by atoms with E-state index in [9.17, 15) is 13.2 Å². The van der Waals surface area contributed by atoms with Crippen molar-refractivity contribution in [2.24, 2.45) is 5.73 Å². The summed E-state index contributed by atoms with van der Waals surface area (Å²) in [4.78, 5) is 10.9. The van der Waals surface area contributed by atoms with Gasteiger partial charge in [0.2, 0.25) is 10.0 Å². The minimum atomic E-state index is -3.56. The molecule has 7 nitrogen and oxygen atoms in total. The van der Waals surface area contributed by atoms with Crippen LogP contribution in [0, 0.1) is 0 Å². The van der Waals surface area contributed by atoms with Crippen molar-refractivity contribution in [2.75, 3.05) is 26.8 Å². The van der Waals surface area contributed by atoms with E-state index in [-0.39, 0.29) is 17.6 Å². The molecular weight excluding hydrogens is 332 g/mol. The summed E-state index contributed by atoms with van der Waals surface area (Å²) < 4.78 is 37.2. The van der Waals surface area contributed by atoms with Crippen LogP contribution < -0.4 is 10.5 Å². The first-order valence-corrected chi connectivity index (χ1v) is 9.42.